The largest absolute Gasteiger partial charge is 0.339 e. The van der Waals surface area contributed by atoms with E-state index in [4.69, 9.17) is 4.52 Å². The minimum absolute atomic E-state index is 0.128. The molecule has 1 aliphatic rings. The van der Waals surface area contributed by atoms with E-state index >= 15 is 0 Å². The maximum Gasteiger partial charge on any atom is 0.237 e. The molecule has 4 nitrogen and oxygen atoms in total. The Bertz CT molecular complexity index is 346. The van der Waals surface area contributed by atoms with Crippen molar-refractivity contribution in [1.82, 2.24) is 10.1 Å². The zero-order chi connectivity index (χ0) is 10.7. The Balaban J connectivity index is 2.10. The predicted octanol–water partition coefficient (Wildman–Crippen LogP) is 2.25. The van der Waals surface area contributed by atoms with Gasteiger partial charge >= 0.3 is 0 Å². The van der Waals surface area contributed by atoms with E-state index in [1.165, 1.54) is 0 Å². The molecule has 1 heterocycles. The molecule has 1 aromatic heterocycles. The summed E-state index contributed by atoms with van der Waals surface area (Å²) in [5.74, 6) is 1.39. The first-order valence-corrected chi connectivity index (χ1v) is 5.66. The predicted molar refractivity (Wildman–Crippen MR) is 54.5 cm³/mol. The third kappa shape index (κ3) is 2.25. The summed E-state index contributed by atoms with van der Waals surface area (Å²) in [6, 6.07) is 0. The van der Waals surface area contributed by atoms with Crippen LogP contribution in [0.3, 0.4) is 0 Å². The maximum atomic E-state index is 11.6. The second-order valence-corrected chi connectivity index (χ2v) is 4.06. The summed E-state index contributed by atoms with van der Waals surface area (Å²) >= 11 is 0. The van der Waals surface area contributed by atoms with Crippen LogP contribution in [0.25, 0.3) is 0 Å². The highest BCUT2D eigenvalue weighted by molar-refractivity contribution is 5.85. The van der Waals surface area contributed by atoms with Crippen molar-refractivity contribution >= 4 is 5.78 Å². The van der Waals surface area contributed by atoms with Gasteiger partial charge in [0.2, 0.25) is 5.89 Å². The molecule has 0 bridgehead atoms. The monoisotopic (exact) mass is 208 g/mol. The number of carbonyl (C=O) groups is 1. The van der Waals surface area contributed by atoms with E-state index in [9.17, 15) is 4.79 Å². The molecule has 4 heteroatoms. The molecule has 2 rings (SSSR count). The van der Waals surface area contributed by atoms with Gasteiger partial charge in [-0.1, -0.05) is 18.5 Å². The lowest BCUT2D eigenvalue weighted by Gasteiger charge is -2.16. The van der Waals surface area contributed by atoms with Crippen molar-refractivity contribution in [2.24, 2.45) is 0 Å². The van der Waals surface area contributed by atoms with E-state index < -0.39 is 0 Å². The number of Topliss-reactive ketones (excluding diaryl/α,β-unsaturated/α-hetero) is 1. The summed E-state index contributed by atoms with van der Waals surface area (Å²) in [7, 11) is 0. The fourth-order valence-electron chi connectivity index (χ4n) is 1.98. The summed E-state index contributed by atoms with van der Waals surface area (Å²) in [5, 5.41) is 3.88. The lowest BCUT2D eigenvalue weighted by molar-refractivity contribution is -0.122. The highest BCUT2D eigenvalue weighted by Crippen LogP contribution is 2.28. The number of hydrogen-bond donors (Lipinski definition) is 0. The summed E-state index contributed by atoms with van der Waals surface area (Å²) in [5.41, 5.74) is 0. The van der Waals surface area contributed by atoms with E-state index in [-0.39, 0.29) is 11.7 Å². The van der Waals surface area contributed by atoms with Crippen molar-refractivity contribution in [3.8, 4) is 0 Å². The van der Waals surface area contributed by atoms with Crippen LogP contribution >= 0.6 is 0 Å². The molecule has 0 saturated heterocycles. The molecule has 82 valence electrons. The number of rotatable bonds is 3. The molecule has 1 atom stereocenters. The molecule has 1 fully saturated rings. The third-order valence-electron chi connectivity index (χ3n) is 2.81. The van der Waals surface area contributed by atoms with Gasteiger partial charge in [-0.25, -0.2) is 0 Å². The molecule has 0 N–H and O–H groups in total. The van der Waals surface area contributed by atoms with E-state index in [1.54, 1.807) is 0 Å². The fraction of sp³-hybridized carbons (Fsp3) is 0.727. The van der Waals surface area contributed by atoms with Gasteiger partial charge in [-0.15, -0.1) is 0 Å². The van der Waals surface area contributed by atoms with Crippen molar-refractivity contribution in [3.63, 3.8) is 0 Å². The molecular weight excluding hydrogens is 192 g/mol. The first-order valence-electron chi connectivity index (χ1n) is 5.66. The van der Waals surface area contributed by atoms with Crippen molar-refractivity contribution in [3.05, 3.63) is 11.7 Å². The minimum Gasteiger partial charge on any atom is -0.339 e. The molecular formula is C11H16N2O2. The van der Waals surface area contributed by atoms with Crippen LogP contribution in [0.2, 0.25) is 0 Å². The van der Waals surface area contributed by atoms with Crippen LogP contribution in [-0.2, 0) is 11.2 Å². The number of aryl methyl sites for hydroxylation is 1. The zero-order valence-corrected chi connectivity index (χ0v) is 9.03. The third-order valence-corrected chi connectivity index (χ3v) is 2.81. The molecule has 0 aromatic carbocycles. The summed E-state index contributed by atoms with van der Waals surface area (Å²) in [4.78, 5) is 15.9. The molecule has 0 amide bonds. The van der Waals surface area contributed by atoms with Gasteiger partial charge < -0.3 is 4.52 Å². The van der Waals surface area contributed by atoms with E-state index in [2.05, 4.69) is 17.1 Å². The van der Waals surface area contributed by atoms with Crippen molar-refractivity contribution in [2.45, 2.75) is 51.4 Å². The Morgan fingerprint density at radius 1 is 1.47 bits per heavy atom. The molecule has 0 radical (unpaired) electrons. The lowest BCUT2D eigenvalue weighted by atomic mass is 9.88. The summed E-state index contributed by atoms with van der Waals surface area (Å²) < 4.78 is 5.15. The van der Waals surface area contributed by atoms with Gasteiger partial charge in [-0.3, -0.25) is 4.79 Å². The second kappa shape index (κ2) is 4.55. The number of ketones is 1. The van der Waals surface area contributed by atoms with E-state index in [0.717, 1.165) is 37.9 Å². The van der Waals surface area contributed by atoms with Gasteiger partial charge in [-0.2, -0.15) is 4.98 Å². The van der Waals surface area contributed by atoms with Crippen molar-refractivity contribution in [2.75, 3.05) is 0 Å². The van der Waals surface area contributed by atoms with Gasteiger partial charge in [0, 0.05) is 12.8 Å². The molecule has 1 aromatic rings. The van der Waals surface area contributed by atoms with Crippen LogP contribution in [0, 0.1) is 0 Å². The van der Waals surface area contributed by atoms with Gasteiger partial charge in [0.05, 0.1) is 5.92 Å². The molecule has 1 saturated carbocycles. The highest BCUT2D eigenvalue weighted by Gasteiger charge is 2.28. The minimum atomic E-state index is -0.128. The lowest BCUT2D eigenvalue weighted by Crippen LogP contribution is -2.17. The standard InChI is InChI=1S/C11H16N2O2/c1-2-5-10-12-11(15-13-10)8-6-3-4-7-9(8)14/h8H,2-7H2,1H3. The summed E-state index contributed by atoms with van der Waals surface area (Å²) in [6.07, 6.45) is 5.44. The Labute approximate surface area is 89.1 Å². The number of nitrogens with zero attached hydrogens (tertiary/aromatic N) is 2. The van der Waals surface area contributed by atoms with Crippen LogP contribution in [0.1, 0.15) is 56.7 Å². The molecule has 0 aliphatic heterocycles. The Morgan fingerprint density at radius 2 is 2.33 bits per heavy atom. The van der Waals surface area contributed by atoms with E-state index in [1.807, 2.05) is 0 Å². The quantitative estimate of drug-likeness (QED) is 0.764. The Hall–Kier alpha value is -1.19. The van der Waals surface area contributed by atoms with Crippen LogP contribution in [0.5, 0.6) is 0 Å². The van der Waals surface area contributed by atoms with Crippen LogP contribution in [-0.4, -0.2) is 15.9 Å². The molecule has 1 aliphatic carbocycles. The van der Waals surface area contributed by atoms with Crippen molar-refractivity contribution < 1.29 is 9.32 Å². The number of carbonyl (C=O) groups excluding carboxylic acids is 1. The van der Waals surface area contributed by atoms with Gasteiger partial charge in [0.1, 0.15) is 5.78 Å². The average molecular weight is 208 g/mol. The molecule has 0 spiro atoms. The van der Waals surface area contributed by atoms with Crippen LogP contribution < -0.4 is 0 Å². The topological polar surface area (TPSA) is 56.0 Å². The van der Waals surface area contributed by atoms with E-state index in [0.29, 0.717) is 12.3 Å². The Morgan fingerprint density at radius 3 is 3.07 bits per heavy atom. The van der Waals surface area contributed by atoms with Crippen LogP contribution in [0.15, 0.2) is 4.52 Å². The first-order chi connectivity index (χ1) is 7.31. The SMILES string of the molecule is CCCc1noc(C2CCCCC2=O)n1. The first kappa shape index (κ1) is 10.3. The fourth-order valence-corrected chi connectivity index (χ4v) is 1.98. The number of hydrogen-bond acceptors (Lipinski definition) is 4. The highest BCUT2D eigenvalue weighted by atomic mass is 16.5. The number of aromatic nitrogens is 2. The van der Waals surface area contributed by atoms with Crippen molar-refractivity contribution in [1.29, 1.82) is 0 Å². The normalized spacial score (nSPS) is 21.9. The summed E-state index contributed by atoms with van der Waals surface area (Å²) in [6.45, 7) is 2.07. The molecule has 15 heavy (non-hydrogen) atoms. The van der Waals surface area contributed by atoms with Crippen LogP contribution in [0.4, 0.5) is 0 Å². The van der Waals surface area contributed by atoms with Gasteiger partial charge in [0.15, 0.2) is 5.82 Å². The maximum absolute atomic E-state index is 11.6. The average Bonchev–Trinajstić information content (AvgIpc) is 2.68. The smallest absolute Gasteiger partial charge is 0.237 e. The zero-order valence-electron chi connectivity index (χ0n) is 9.03. The Kier molecular flexibility index (Phi) is 3.14. The van der Waals surface area contributed by atoms with Gasteiger partial charge in [0.25, 0.3) is 0 Å². The second-order valence-electron chi connectivity index (χ2n) is 4.06. The van der Waals surface area contributed by atoms with Gasteiger partial charge in [-0.05, 0) is 19.3 Å². The molecule has 1 unspecified atom stereocenters.